The third-order valence-electron chi connectivity index (χ3n) is 2.85. The largest absolute Gasteiger partial charge is 0.294 e. The highest BCUT2D eigenvalue weighted by Crippen LogP contribution is 2.19. The van der Waals surface area contributed by atoms with Gasteiger partial charge in [-0.25, -0.2) is 4.39 Å². The van der Waals surface area contributed by atoms with E-state index < -0.39 is 0 Å². The minimum Gasteiger partial charge on any atom is -0.294 e. The van der Waals surface area contributed by atoms with Crippen molar-refractivity contribution >= 4 is 21.7 Å². The summed E-state index contributed by atoms with van der Waals surface area (Å²) in [5, 5.41) is 0. The second-order valence-electron chi connectivity index (χ2n) is 4.16. The molecular weight excluding hydrogens is 295 g/mol. The van der Waals surface area contributed by atoms with Crippen LogP contribution >= 0.6 is 15.9 Å². The van der Waals surface area contributed by atoms with Crippen LogP contribution in [0.4, 0.5) is 4.39 Å². The molecule has 0 spiro atoms. The summed E-state index contributed by atoms with van der Waals surface area (Å²) in [6.45, 7) is 1.98. The number of hydrogen-bond acceptors (Lipinski definition) is 1. The zero-order valence-corrected chi connectivity index (χ0v) is 11.5. The summed E-state index contributed by atoms with van der Waals surface area (Å²) < 4.78 is 13.4. The highest BCUT2D eigenvalue weighted by molar-refractivity contribution is 9.10. The molecule has 3 heteroatoms. The van der Waals surface area contributed by atoms with Crippen LogP contribution in [0.3, 0.4) is 0 Å². The summed E-state index contributed by atoms with van der Waals surface area (Å²) in [6, 6.07) is 12.1. The zero-order valence-electron chi connectivity index (χ0n) is 9.91. The van der Waals surface area contributed by atoms with Crippen LogP contribution in [-0.4, -0.2) is 5.78 Å². The lowest BCUT2D eigenvalue weighted by Crippen LogP contribution is -2.05. The Morgan fingerprint density at radius 2 is 1.94 bits per heavy atom. The van der Waals surface area contributed by atoms with Gasteiger partial charge in [-0.1, -0.05) is 24.3 Å². The van der Waals surface area contributed by atoms with E-state index in [2.05, 4.69) is 15.9 Å². The summed E-state index contributed by atoms with van der Waals surface area (Å²) in [5.74, 6) is -0.368. The zero-order chi connectivity index (χ0) is 13.1. The van der Waals surface area contributed by atoms with Gasteiger partial charge in [0.15, 0.2) is 5.78 Å². The molecule has 0 saturated carbocycles. The lowest BCUT2D eigenvalue weighted by atomic mass is 10.00. The predicted octanol–water partition coefficient (Wildman–Crippen LogP) is 4.32. The summed E-state index contributed by atoms with van der Waals surface area (Å²) in [4.78, 5) is 12.1. The first-order chi connectivity index (χ1) is 8.58. The third kappa shape index (κ3) is 2.85. The van der Waals surface area contributed by atoms with Crippen molar-refractivity contribution in [1.29, 1.82) is 0 Å². The Kier molecular flexibility index (Phi) is 3.92. The van der Waals surface area contributed by atoms with E-state index in [1.54, 1.807) is 0 Å². The van der Waals surface area contributed by atoms with Gasteiger partial charge in [-0.05, 0) is 52.2 Å². The van der Waals surface area contributed by atoms with Crippen LogP contribution in [0, 0.1) is 12.7 Å². The highest BCUT2D eigenvalue weighted by Gasteiger charge is 2.10. The van der Waals surface area contributed by atoms with E-state index in [0.717, 1.165) is 11.1 Å². The van der Waals surface area contributed by atoms with Gasteiger partial charge in [-0.2, -0.15) is 0 Å². The normalized spacial score (nSPS) is 10.4. The van der Waals surface area contributed by atoms with Gasteiger partial charge in [0.1, 0.15) is 5.82 Å². The first kappa shape index (κ1) is 13.0. The molecule has 2 aromatic rings. The molecule has 0 amide bonds. The van der Waals surface area contributed by atoms with Gasteiger partial charge in [-0.3, -0.25) is 4.79 Å². The number of halogens is 2. The maximum atomic E-state index is 13.1. The topological polar surface area (TPSA) is 17.1 Å². The quantitative estimate of drug-likeness (QED) is 0.772. The fraction of sp³-hybridized carbons (Fsp3) is 0.133. The Bertz CT molecular complexity index is 593. The van der Waals surface area contributed by atoms with E-state index in [1.165, 1.54) is 18.2 Å². The van der Waals surface area contributed by atoms with Crippen LogP contribution < -0.4 is 0 Å². The molecular formula is C15H12BrFO. The molecule has 0 bridgehead atoms. The molecule has 0 aliphatic rings. The van der Waals surface area contributed by atoms with E-state index in [4.69, 9.17) is 0 Å². The molecule has 0 fully saturated rings. The predicted molar refractivity (Wildman–Crippen MR) is 73.3 cm³/mol. The Balaban J connectivity index is 2.22. The summed E-state index contributed by atoms with van der Waals surface area (Å²) in [5.41, 5.74) is 2.61. The maximum absolute atomic E-state index is 13.1. The second-order valence-corrected chi connectivity index (χ2v) is 5.01. The number of rotatable bonds is 3. The van der Waals surface area contributed by atoms with Crippen molar-refractivity contribution in [2.75, 3.05) is 0 Å². The van der Waals surface area contributed by atoms with Crippen molar-refractivity contribution in [2.24, 2.45) is 0 Å². The monoisotopic (exact) mass is 306 g/mol. The molecule has 0 atom stereocenters. The first-order valence-electron chi connectivity index (χ1n) is 5.60. The number of carbonyl (C=O) groups is 1. The molecule has 0 aromatic heterocycles. The number of carbonyl (C=O) groups excluding carboxylic acids is 1. The molecule has 0 aliphatic carbocycles. The van der Waals surface area contributed by atoms with Crippen molar-refractivity contribution in [1.82, 2.24) is 0 Å². The maximum Gasteiger partial charge on any atom is 0.167 e. The van der Waals surface area contributed by atoms with Crippen LogP contribution in [0.15, 0.2) is 46.9 Å². The Morgan fingerprint density at radius 3 is 2.61 bits per heavy atom. The number of benzene rings is 2. The van der Waals surface area contributed by atoms with E-state index in [9.17, 15) is 9.18 Å². The summed E-state index contributed by atoms with van der Waals surface area (Å²) >= 11 is 3.09. The van der Waals surface area contributed by atoms with Crippen molar-refractivity contribution < 1.29 is 9.18 Å². The smallest absolute Gasteiger partial charge is 0.167 e. The van der Waals surface area contributed by atoms with Crippen LogP contribution in [0.2, 0.25) is 0 Å². The van der Waals surface area contributed by atoms with Gasteiger partial charge in [-0.15, -0.1) is 0 Å². The Labute approximate surface area is 114 Å². The van der Waals surface area contributed by atoms with E-state index in [1.807, 2.05) is 31.2 Å². The molecule has 2 aromatic carbocycles. The molecule has 0 saturated heterocycles. The van der Waals surface area contributed by atoms with Crippen molar-refractivity contribution in [3.63, 3.8) is 0 Å². The van der Waals surface area contributed by atoms with E-state index in [0.29, 0.717) is 16.5 Å². The molecule has 18 heavy (non-hydrogen) atoms. The van der Waals surface area contributed by atoms with E-state index >= 15 is 0 Å². The number of Topliss-reactive ketones (excluding diaryl/α,β-unsaturated/α-hetero) is 1. The van der Waals surface area contributed by atoms with Gasteiger partial charge >= 0.3 is 0 Å². The molecule has 0 N–H and O–H groups in total. The standard InChI is InChI=1S/C15H12BrFO/c1-10-4-2-3-5-11(10)9-15(18)12-6-7-14(17)13(16)8-12/h2-8H,9H2,1H3. The fourth-order valence-electron chi connectivity index (χ4n) is 1.75. The molecule has 0 heterocycles. The number of hydrogen-bond donors (Lipinski definition) is 0. The average molecular weight is 307 g/mol. The molecule has 0 radical (unpaired) electrons. The average Bonchev–Trinajstić information content (AvgIpc) is 2.35. The van der Waals surface area contributed by atoms with Crippen LogP contribution in [0.1, 0.15) is 21.5 Å². The van der Waals surface area contributed by atoms with Crippen LogP contribution in [-0.2, 0) is 6.42 Å². The lowest BCUT2D eigenvalue weighted by molar-refractivity contribution is 0.0992. The van der Waals surface area contributed by atoms with Crippen molar-refractivity contribution in [3.05, 3.63) is 69.4 Å². The Hall–Kier alpha value is -1.48. The summed E-state index contributed by atoms with van der Waals surface area (Å²) in [6.07, 6.45) is 0.338. The van der Waals surface area contributed by atoms with E-state index in [-0.39, 0.29) is 11.6 Å². The Morgan fingerprint density at radius 1 is 1.22 bits per heavy atom. The van der Waals surface area contributed by atoms with Gasteiger partial charge in [0.2, 0.25) is 0 Å². The molecule has 1 nitrogen and oxygen atoms in total. The minimum absolute atomic E-state index is 0.00926. The lowest BCUT2D eigenvalue weighted by Gasteiger charge is -2.05. The van der Waals surface area contributed by atoms with Gasteiger partial charge in [0, 0.05) is 12.0 Å². The van der Waals surface area contributed by atoms with Crippen molar-refractivity contribution in [3.8, 4) is 0 Å². The number of ketones is 1. The third-order valence-corrected chi connectivity index (χ3v) is 3.46. The van der Waals surface area contributed by atoms with Crippen LogP contribution in [0.5, 0.6) is 0 Å². The summed E-state index contributed by atoms with van der Waals surface area (Å²) in [7, 11) is 0. The number of aryl methyl sites for hydroxylation is 1. The van der Waals surface area contributed by atoms with Gasteiger partial charge < -0.3 is 0 Å². The molecule has 92 valence electrons. The van der Waals surface area contributed by atoms with Gasteiger partial charge in [0.25, 0.3) is 0 Å². The first-order valence-corrected chi connectivity index (χ1v) is 6.40. The molecule has 0 aliphatic heterocycles. The fourth-order valence-corrected chi connectivity index (χ4v) is 2.13. The van der Waals surface area contributed by atoms with Crippen molar-refractivity contribution in [2.45, 2.75) is 13.3 Å². The molecule has 0 unspecified atom stereocenters. The minimum atomic E-state index is -0.359. The SMILES string of the molecule is Cc1ccccc1CC(=O)c1ccc(F)c(Br)c1. The van der Waals surface area contributed by atoms with Gasteiger partial charge in [0.05, 0.1) is 4.47 Å². The van der Waals surface area contributed by atoms with Crippen LogP contribution in [0.25, 0.3) is 0 Å². The highest BCUT2D eigenvalue weighted by atomic mass is 79.9. The second kappa shape index (κ2) is 5.44. The molecule has 2 rings (SSSR count).